The van der Waals surface area contributed by atoms with E-state index < -0.39 is 20.3 Å². The Labute approximate surface area is 193 Å². The van der Waals surface area contributed by atoms with E-state index in [1.54, 1.807) is 0 Å². The Balaban J connectivity index is -0.000000450. The summed E-state index contributed by atoms with van der Waals surface area (Å²) in [6, 6.07) is -0.947. The minimum absolute atomic E-state index is 0.282. The molecule has 0 aliphatic carbocycles. The first-order chi connectivity index (χ1) is 15.2. The zero-order chi connectivity index (χ0) is 25.2. The van der Waals surface area contributed by atoms with Gasteiger partial charge in [0, 0.05) is 0 Å². The van der Waals surface area contributed by atoms with Crippen molar-refractivity contribution in [2.75, 3.05) is 26.3 Å². The molecule has 0 amide bonds. The van der Waals surface area contributed by atoms with Crippen molar-refractivity contribution < 1.29 is 33.4 Å². The van der Waals surface area contributed by atoms with Crippen LogP contribution in [0.15, 0.2) is 0 Å². The van der Waals surface area contributed by atoms with Gasteiger partial charge in [0.15, 0.2) is 0 Å². The fraction of sp³-hybridized carbons (Fsp3) is 0.900. The molecule has 0 aromatic carbocycles. The van der Waals surface area contributed by atoms with Crippen molar-refractivity contribution in [3.63, 3.8) is 0 Å². The van der Waals surface area contributed by atoms with Crippen molar-refractivity contribution in [1.29, 1.82) is 0 Å². The van der Waals surface area contributed by atoms with Crippen molar-refractivity contribution in [1.82, 2.24) is 0 Å². The van der Waals surface area contributed by atoms with Crippen LogP contribution in [0, 0.1) is 0 Å². The molecular formula is C20H47N4O7P. The lowest BCUT2D eigenvalue weighted by molar-refractivity contribution is -0.146. The van der Waals surface area contributed by atoms with Crippen LogP contribution in [0.25, 0.3) is 0 Å². The number of rotatable bonds is 16. The van der Waals surface area contributed by atoms with Crippen molar-refractivity contribution in [2.45, 2.75) is 90.1 Å². The molecule has 2 atom stereocenters. The molecule has 32 heavy (non-hydrogen) atoms. The van der Waals surface area contributed by atoms with Crippen molar-refractivity contribution >= 4 is 20.2 Å². The number of esters is 2. The van der Waals surface area contributed by atoms with Gasteiger partial charge in [0.05, 0.1) is 13.2 Å². The summed E-state index contributed by atoms with van der Waals surface area (Å²) >= 11 is 0. The molecule has 0 saturated heterocycles. The van der Waals surface area contributed by atoms with Gasteiger partial charge >= 0.3 is 20.2 Å². The molecule has 0 saturated carbocycles. The van der Waals surface area contributed by atoms with Crippen LogP contribution in [0.4, 0.5) is 0 Å². The van der Waals surface area contributed by atoms with Crippen LogP contribution in [0.1, 0.15) is 78.1 Å². The Kier molecular flexibility index (Phi) is 31.0. The average Bonchev–Trinajstić information content (AvgIpc) is 2.74. The molecule has 11 nitrogen and oxygen atoms in total. The molecule has 0 fully saturated rings. The van der Waals surface area contributed by atoms with E-state index in [1.807, 2.05) is 0 Å². The van der Waals surface area contributed by atoms with E-state index in [-0.39, 0.29) is 11.9 Å². The summed E-state index contributed by atoms with van der Waals surface area (Å²) in [6.07, 6.45) is 8.80. The van der Waals surface area contributed by atoms with Crippen LogP contribution >= 0.6 is 8.25 Å². The standard InChI is InChI=1S/2C10H22N2O2.H3O3P/c2*1-2-3-8-14-10(13)9(12)6-4-5-7-11;1-4(2)3/h2*9H,2-8,11-12H2,1H3;4H,(H2,1,2,3)/t2*9-;/m00./s1. The van der Waals surface area contributed by atoms with Crippen LogP contribution in [0.5, 0.6) is 0 Å². The first-order valence-corrected chi connectivity index (χ1v) is 12.6. The van der Waals surface area contributed by atoms with Gasteiger partial charge in [-0.2, -0.15) is 0 Å². The van der Waals surface area contributed by atoms with Crippen LogP contribution in [-0.4, -0.2) is 60.1 Å². The molecule has 0 bridgehead atoms. The van der Waals surface area contributed by atoms with Crippen molar-refractivity contribution in [2.24, 2.45) is 22.9 Å². The first-order valence-electron chi connectivity index (χ1n) is 11.3. The van der Waals surface area contributed by atoms with Crippen LogP contribution < -0.4 is 22.9 Å². The number of ether oxygens (including phenoxy) is 2. The molecule has 0 unspecified atom stereocenters. The highest BCUT2D eigenvalue weighted by atomic mass is 31.1. The summed E-state index contributed by atoms with van der Waals surface area (Å²) in [5.74, 6) is -0.564. The Hall–Kier alpha value is -1.07. The van der Waals surface area contributed by atoms with Crippen LogP contribution in [0.3, 0.4) is 0 Å². The molecule has 0 spiro atoms. The minimum atomic E-state index is -3.13. The fourth-order valence-electron chi connectivity index (χ4n) is 2.10. The summed E-state index contributed by atoms with van der Waals surface area (Å²) in [5, 5.41) is 0. The predicted molar refractivity (Wildman–Crippen MR) is 127 cm³/mol. The number of hydrogen-bond donors (Lipinski definition) is 6. The normalized spacial score (nSPS) is 12.0. The van der Waals surface area contributed by atoms with Gasteiger partial charge in [0.1, 0.15) is 12.1 Å². The topological polar surface area (TPSA) is 214 Å². The van der Waals surface area contributed by atoms with Gasteiger partial charge in [-0.25, -0.2) is 0 Å². The summed E-state index contributed by atoms with van der Waals surface area (Å²) in [5.41, 5.74) is 21.9. The maximum absolute atomic E-state index is 11.2. The second kappa shape index (κ2) is 28.0. The van der Waals surface area contributed by atoms with Crippen LogP contribution in [0.2, 0.25) is 0 Å². The molecule has 0 aromatic heterocycles. The molecule has 10 N–H and O–H groups in total. The number of unbranched alkanes of at least 4 members (excludes halogenated alkanes) is 4. The third-order valence-corrected chi connectivity index (χ3v) is 4.03. The van der Waals surface area contributed by atoms with E-state index in [2.05, 4.69) is 13.8 Å². The summed E-state index contributed by atoms with van der Waals surface area (Å²) in [4.78, 5) is 36.8. The third kappa shape index (κ3) is 31.1. The van der Waals surface area contributed by atoms with Gasteiger partial charge in [-0.15, -0.1) is 0 Å². The van der Waals surface area contributed by atoms with E-state index in [1.165, 1.54) is 0 Å². The van der Waals surface area contributed by atoms with E-state index in [9.17, 15) is 9.59 Å². The lowest BCUT2D eigenvalue weighted by Crippen LogP contribution is -2.32. The minimum Gasteiger partial charge on any atom is -0.465 e. The highest BCUT2D eigenvalue weighted by molar-refractivity contribution is 7.30. The lowest BCUT2D eigenvalue weighted by Gasteiger charge is -2.10. The van der Waals surface area contributed by atoms with Gasteiger partial charge in [-0.1, -0.05) is 39.5 Å². The van der Waals surface area contributed by atoms with E-state index in [0.29, 0.717) is 39.1 Å². The maximum atomic E-state index is 11.2. The highest BCUT2D eigenvalue weighted by Gasteiger charge is 2.14. The molecule has 0 radical (unpaired) electrons. The van der Waals surface area contributed by atoms with Gasteiger partial charge in [-0.3, -0.25) is 14.2 Å². The first kappa shape index (κ1) is 35.5. The Morgan fingerprint density at radius 3 is 1.31 bits per heavy atom. The predicted octanol–water partition coefficient (Wildman–Crippen LogP) is 0.933. The smallest absolute Gasteiger partial charge is 0.322 e. The fourth-order valence-corrected chi connectivity index (χ4v) is 2.10. The van der Waals surface area contributed by atoms with Crippen molar-refractivity contribution in [3.8, 4) is 0 Å². The van der Waals surface area contributed by atoms with Gasteiger partial charge < -0.3 is 42.2 Å². The van der Waals surface area contributed by atoms with Gasteiger partial charge in [0.25, 0.3) is 0 Å². The summed E-state index contributed by atoms with van der Waals surface area (Å²) in [7, 11) is -3.13. The zero-order valence-electron chi connectivity index (χ0n) is 19.8. The SMILES string of the molecule is CCCCOC(=O)[C@@H](N)CCCCN.CCCCOC(=O)[C@@H](N)CCCCN.O=[PH](O)O. The molecule has 0 aromatic rings. The molecule has 12 heteroatoms. The maximum Gasteiger partial charge on any atom is 0.322 e. The van der Waals surface area contributed by atoms with E-state index in [0.717, 1.165) is 51.4 Å². The Morgan fingerprint density at radius 1 is 0.750 bits per heavy atom. The van der Waals surface area contributed by atoms with Crippen molar-refractivity contribution in [3.05, 3.63) is 0 Å². The zero-order valence-corrected chi connectivity index (χ0v) is 20.8. The van der Waals surface area contributed by atoms with E-state index >= 15 is 0 Å². The average molecular weight is 487 g/mol. The summed E-state index contributed by atoms with van der Waals surface area (Å²) < 4.78 is 18.7. The third-order valence-electron chi connectivity index (χ3n) is 4.03. The molecule has 0 rings (SSSR count). The molecule has 0 heterocycles. The number of carbonyl (C=O) groups is 2. The second-order valence-corrected chi connectivity index (χ2v) is 7.67. The molecule has 0 aliphatic rings. The summed E-state index contributed by atoms with van der Waals surface area (Å²) in [6.45, 7) is 6.37. The monoisotopic (exact) mass is 486 g/mol. The van der Waals surface area contributed by atoms with Gasteiger partial charge in [0.2, 0.25) is 0 Å². The number of carbonyl (C=O) groups excluding carboxylic acids is 2. The largest absolute Gasteiger partial charge is 0.465 e. The number of hydrogen-bond acceptors (Lipinski definition) is 9. The van der Waals surface area contributed by atoms with E-state index in [4.69, 9.17) is 46.8 Å². The molecule has 0 aliphatic heterocycles. The molecule has 194 valence electrons. The van der Waals surface area contributed by atoms with Crippen LogP contribution in [-0.2, 0) is 23.6 Å². The quantitative estimate of drug-likeness (QED) is 0.102. The lowest BCUT2D eigenvalue weighted by atomic mass is 10.1. The molecular weight excluding hydrogens is 439 g/mol. The number of nitrogens with two attached hydrogens (primary N) is 4. The Morgan fingerprint density at radius 2 is 1.06 bits per heavy atom. The highest BCUT2D eigenvalue weighted by Crippen LogP contribution is 2.02. The second-order valence-electron chi connectivity index (χ2n) is 7.11. The Bertz CT molecular complexity index is 422. The van der Waals surface area contributed by atoms with Gasteiger partial charge in [-0.05, 0) is 51.6 Å².